The average Bonchev–Trinajstić information content (AvgIpc) is 2.75. The number of hydrogen-bond donors (Lipinski definition) is 3. The van der Waals surface area contributed by atoms with Gasteiger partial charge in [-0.25, -0.2) is 0 Å². The van der Waals surface area contributed by atoms with E-state index in [1.165, 1.54) is 0 Å². The van der Waals surface area contributed by atoms with Crippen LogP contribution < -0.4 is 25.8 Å². The van der Waals surface area contributed by atoms with Crippen LogP contribution in [0.15, 0.2) is 48.5 Å². The van der Waals surface area contributed by atoms with Crippen LogP contribution in [-0.4, -0.2) is 38.6 Å². The maximum atomic E-state index is 12.6. The summed E-state index contributed by atoms with van der Waals surface area (Å²) in [7, 11) is 3.18. The zero-order chi connectivity index (χ0) is 21.4. The van der Waals surface area contributed by atoms with E-state index in [1.54, 1.807) is 14.2 Å². The molecule has 2 aromatic carbocycles. The number of hydrogen-bond acceptors (Lipinski definition) is 5. The monoisotopic (exact) mass is 435 g/mol. The lowest BCUT2D eigenvalue weighted by atomic mass is 9.98. The highest BCUT2D eigenvalue weighted by atomic mass is 35.5. The number of rotatable bonds is 9. The Balaban J connectivity index is 0.00000450. The number of nitrogens with two attached hydrogens (primary N) is 1. The SMILES string of the molecule is COc1cccc(C(NC(=O)CNC(=O)[C@@H](N)C(C)C)c2cccc(OC)c2)c1.Cl. The number of carbonyl (C=O) groups excluding carboxylic acids is 2. The average molecular weight is 436 g/mol. The van der Waals surface area contributed by atoms with E-state index in [9.17, 15) is 9.59 Å². The van der Waals surface area contributed by atoms with Crippen molar-refractivity contribution in [1.29, 1.82) is 0 Å². The van der Waals surface area contributed by atoms with Crippen LogP contribution in [0.25, 0.3) is 0 Å². The topological polar surface area (TPSA) is 103 Å². The smallest absolute Gasteiger partial charge is 0.240 e. The third kappa shape index (κ3) is 6.93. The number of carbonyl (C=O) groups is 2. The van der Waals surface area contributed by atoms with E-state index in [0.717, 1.165) is 11.1 Å². The zero-order valence-corrected chi connectivity index (χ0v) is 18.5. The lowest BCUT2D eigenvalue weighted by Crippen LogP contribution is -2.47. The first-order chi connectivity index (χ1) is 13.8. The van der Waals surface area contributed by atoms with Crippen molar-refractivity contribution in [3.8, 4) is 11.5 Å². The molecule has 2 rings (SSSR count). The molecule has 164 valence electrons. The molecule has 1 atom stereocenters. The predicted molar refractivity (Wildman–Crippen MR) is 119 cm³/mol. The Kier molecular flexibility index (Phi) is 10.1. The summed E-state index contributed by atoms with van der Waals surface area (Å²) in [4.78, 5) is 24.6. The van der Waals surface area contributed by atoms with E-state index in [0.29, 0.717) is 11.5 Å². The normalized spacial score (nSPS) is 11.4. The Hall–Kier alpha value is -2.77. The van der Waals surface area contributed by atoms with Gasteiger partial charge >= 0.3 is 0 Å². The van der Waals surface area contributed by atoms with Gasteiger partial charge in [0.15, 0.2) is 0 Å². The quantitative estimate of drug-likeness (QED) is 0.561. The van der Waals surface area contributed by atoms with Crippen molar-refractivity contribution in [3.05, 3.63) is 59.7 Å². The minimum Gasteiger partial charge on any atom is -0.497 e. The van der Waals surface area contributed by atoms with Gasteiger partial charge in [-0.1, -0.05) is 38.1 Å². The molecule has 8 heteroatoms. The summed E-state index contributed by atoms with van der Waals surface area (Å²) < 4.78 is 10.6. The highest BCUT2D eigenvalue weighted by molar-refractivity contribution is 5.87. The van der Waals surface area contributed by atoms with Gasteiger partial charge in [0, 0.05) is 0 Å². The molecule has 0 aliphatic rings. The molecule has 0 radical (unpaired) electrons. The molecule has 0 aliphatic heterocycles. The largest absolute Gasteiger partial charge is 0.497 e. The molecule has 0 fully saturated rings. The van der Waals surface area contributed by atoms with E-state index in [1.807, 2.05) is 62.4 Å². The molecular weight excluding hydrogens is 406 g/mol. The number of nitrogens with one attached hydrogen (secondary N) is 2. The fraction of sp³-hybridized carbons (Fsp3) is 0.364. The fourth-order valence-electron chi connectivity index (χ4n) is 2.80. The number of methoxy groups -OCH3 is 2. The Bertz CT molecular complexity index is 797. The third-order valence-corrected chi connectivity index (χ3v) is 4.60. The molecule has 0 aromatic heterocycles. The molecule has 0 aliphatic carbocycles. The number of halogens is 1. The molecule has 4 N–H and O–H groups in total. The van der Waals surface area contributed by atoms with Gasteiger partial charge in [-0.2, -0.15) is 0 Å². The highest BCUT2D eigenvalue weighted by Gasteiger charge is 2.21. The van der Waals surface area contributed by atoms with Crippen LogP contribution >= 0.6 is 12.4 Å². The van der Waals surface area contributed by atoms with E-state index in [4.69, 9.17) is 15.2 Å². The Labute approximate surface area is 183 Å². The molecule has 0 saturated heterocycles. The number of benzene rings is 2. The summed E-state index contributed by atoms with van der Waals surface area (Å²) >= 11 is 0. The van der Waals surface area contributed by atoms with E-state index < -0.39 is 12.1 Å². The first-order valence-corrected chi connectivity index (χ1v) is 9.46. The van der Waals surface area contributed by atoms with Crippen LogP contribution in [-0.2, 0) is 9.59 Å². The van der Waals surface area contributed by atoms with Crippen molar-refractivity contribution in [3.63, 3.8) is 0 Å². The van der Waals surface area contributed by atoms with Gasteiger partial charge in [-0.3, -0.25) is 9.59 Å². The van der Waals surface area contributed by atoms with Gasteiger partial charge in [0.2, 0.25) is 11.8 Å². The first-order valence-electron chi connectivity index (χ1n) is 9.46. The second-order valence-electron chi connectivity index (χ2n) is 7.04. The first kappa shape index (κ1) is 25.3. The van der Waals surface area contributed by atoms with Crippen molar-refractivity contribution in [2.75, 3.05) is 20.8 Å². The van der Waals surface area contributed by atoms with Gasteiger partial charge in [-0.05, 0) is 41.3 Å². The van der Waals surface area contributed by atoms with E-state index in [2.05, 4.69) is 10.6 Å². The van der Waals surface area contributed by atoms with Crippen molar-refractivity contribution in [2.45, 2.75) is 25.9 Å². The van der Waals surface area contributed by atoms with Crippen LogP contribution in [0.3, 0.4) is 0 Å². The molecule has 0 heterocycles. The standard InChI is InChI=1S/C22H29N3O4.ClH/c1-14(2)20(23)22(27)24-13-19(26)25-21(15-7-5-9-17(11-15)28-3)16-8-6-10-18(12-16)29-4;/h5-12,14,20-21H,13,23H2,1-4H3,(H,24,27)(H,25,26);1H/t20-;/m0./s1. The molecule has 2 aromatic rings. The molecule has 0 bridgehead atoms. The predicted octanol–water partition coefficient (Wildman–Crippen LogP) is 2.43. The second kappa shape index (κ2) is 12.0. The Morgan fingerprint density at radius 2 is 1.47 bits per heavy atom. The molecule has 0 unspecified atom stereocenters. The van der Waals surface area contributed by atoms with Gasteiger partial charge in [0.25, 0.3) is 0 Å². The highest BCUT2D eigenvalue weighted by Crippen LogP contribution is 2.27. The second-order valence-corrected chi connectivity index (χ2v) is 7.04. The summed E-state index contributed by atoms with van der Waals surface area (Å²) in [5.74, 6) is 0.667. The maximum absolute atomic E-state index is 12.6. The maximum Gasteiger partial charge on any atom is 0.240 e. The summed E-state index contributed by atoms with van der Waals surface area (Å²) in [6.07, 6.45) is 0. The minimum absolute atomic E-state index is 0. The summed E-state index contributed by atoms with van der Waals surface area (Å²) in [6.45, 7) is 3.54. The van der Waals surface area contributed by atoms with Gasteiger partial charge in [-0.15, -0.1) is 12.4 Å². The van der Waals surface area contributed by atoms with E-state index in [-0.39, 0.29) is 36.7 Å². The van der Waals surface area contributed by atoms with Gasteiger partial charge in [0.05, 0.1) is 32.8 Å². The van der Waals surface area contributed by atoms with Crippen LogP contribution in [0.2, 0.25) is 0 Å². The molecule has 2 amide bonds. The molecule has 30 heavy (non-hydrogen) atoms. The lowest BCUT2D eigenvalue weighted by molar-refractivity contribution is -0.127. The lowest BCUT2D eigenvalue weighted by Gasteiger charge is -2.22. The Morgan fingerprint density at radius 1 is 0.967 bits per heavy atom. The fourth-order valence-corrected chi connectivity index (χ4v) is 2.80. The van der Waals surface area contributed by atoms with Crippen LogP contribution in [0.1, 0.15) is 31.0 Å². The number of ether oxygens (including phenoxy) is 2. The minimum atomic E-state index is -0.657. The summed E-state index contributed by atoms with van der Waals surface area (Å²) in [5.41, 5.74) is 7.51. The molecular formula is C22H30ClN3O4. The Morgan fingerprint density at radius 3 is 1.90 bits per heavy atom. The summed E-state index contributed by atoms with van der Waals surface area (Å²) in [6, 6.07) is 13.8. The van der Waals surface area contributed by atoms with Crippen LogP contribution in [0, 0.1) is 5.92 Å². The molecule has 0 saturated carbocycles. The van der Waals surface area contributed by atoms with Crippen molar-refractivity contribution in [2.24, 2.45) is 11.7 Å². The van der Waals surface area contributed by atoms with Crippen molar-refractivity contribution >= 4 is 24.2 Å². The third-order valence-electron chi connectivity index (χ3n) is 4.60. The molecule has 7 nitrogen and oxygen atoms in total. The summed E-state index contributed by atoms with van der Waals surface area (Å²) in [5, 5.41) is 5.56. The molecule has 0 spiro atoms. The van der Waals surface area contributed by atoms with Crippen LogP contribution in [0.4, 0.5) is 0 Å². The number of amides is 2. The van der Waals surface area contributed by atoms with Gasteiger partial charge in [0.1, 0.15) is 11.5 Å². The van der Waals surface area contributed by atoms with Crippen molar-refractivity contribution < 1.29 is 19.1 Å². The van der Waals surface area contributed by atoms with Crippen molar-refractivity contribution in [1.82, 2.24) is 10.6 Å². The zero-order valence-electron chi connectivity index (χ0n) is 17.7. The van der Waals surface area contributed by atoms with E-state index >= 15 is 0 Å². The van der Waals surface area contributed by atoms with Gasteiger partial charge < -0.3 is 25.8 Å². The van der Waals surface area contributed by atoms with Crippen LogP contribution in [0.5, 0.6) is 11.5 Å².